The number of piperazine rings is 1. The molecule has 17 heavy (non-hydrogen) atoms. The van der Waals surface area contributed by atoms with Crippen molar-refractivity contribution in [3.8, 4) is 0 Å². The first kappa shape index (κ1) is 13.2. The molecule has 98 valence electrons. The van der Waals surface area contributed by atoms with Crippen molar-refractivity contribution >= 4 is 17.2 Å². The van der Waals surface area contributed by atoms with Crippen molar-refractivity contribution in [2.24, 2.45) is 5.73 Å². The Kier molecular flexibility index (Phi) is 5.16. The minimum absolute atomic E-state index is 0.464. The van der Waals surface area contributed by atoms with E-state index in [1.165, 1.54) is 19.3 Å². The third-order valence-electron chi connectivity index (χ3n) is 3.58. The van der Waals surface area contributed by atoms with Crippen molar-refractivity contribution in [2.75, 3.05) is 45.9 Å². The summed E-state index contributed by atoms with van der Waals surface area (Å²) in [5.74, 6) is 0. The summed E-state index contributed by atoms with van der Waals surface area (Å²) in [6.07, 6.45) is 4.25. The van der Waals surface area contributed by atoms with Crippen molar-refractivity contribution in [1.29, 1.82) is 0 Å². The van der Waals surface area contributed by atoms with Gasteiger partial charge in [0.05, 0.1) is 11.1 Å². The fourth-order valence-electron chi connectivity index (χ4n) is 2.59. The number of nitrogens with two attached hydrogens (primary N) is 1. The number of thiocarbonyl (C=S) groups is 1. The molecule has 0 spiro atoms. The van der Waals surface area contributed by atoms with Crippen molar-refractivity contribution in [2.45, 2.75) is 25.4 Å². The van der Waals surface area contributed by atoms with Gasteiger partial charge in [0.25, 0.3) is 0 Å². The zero-order valence-electron chi connectivity index (χ0n) is 10.4. The van der Waals surface area contributed by atoms with Crippen LogP contribution in [0, 0.1) is 0 Å². The van der Waals surface area contributed by atoms with Gasteiger partial charge in [-0.05, 0) is 19.3 Å². The average molecular weight is 257 g/mol. The Morgan fingerprint density at radius 2 is 1.88 bits per heavy atom. The van der Waals surface area contributed by atoms with Gasteiger partial charge in [0.15, 0.2) is 0 Å². The second-order valence-electron chi connectivity index (χ2n) is 5.03. The van der Waals surface area contributed by atoms with Crippen molar-refractivity contribution in [3.63, 3.8) is 0 Å². The third kappa shape index (κ3) is 4.50. The van der Waals surface area contributed by atoms with E-state index in [2.05, 4.69) is 9.80 Å². The van der Waals surface area contributed by atoms with Gasteiger partial charge in [0.2, 0.25) is 0 Å². The van der Waals surface area contributed by atoms with Crippen LogP contribution in [0.2, 0.25) is 0 Å². The number of hydrogen-bond donors (Lipinski definition) is 1. The number of hydrogen-bond acceptors (Lipinski definition) is 4. The third-order valence-corrected chi connectivity index (χ3v) is 3.71. The topological polar surface area (TPSA) is 41.7 Å². The number of nitrogens with zero attached hydrogens (tertiary/aromatic N) is 2. The molecular weight excluding hydrogens is 234 g/mol. The highest BCUT2D eigenvalue weighted by molar-refractivity contribution is 7.80. The monoisotopic (exact) mass is 257 g/mol. The van der Waals surface area contributed by atoms with Crippen LogP contribution in [0.1, 0.15) is 19.3 Å². The van der Waals surface area contributed by atoms with E-state index < -0.39 is 0 Å². The Bertz CT molecular complexity index is 248. The predicted octanol–water partition coefficient (Wildman–Crippen LogP) is 0.459. The molecular formula is C12H23N3OS. The predicted molar refractivity (Wildman–Crippen MR) is 73.3 cm³/mol. The van der Waals surface area contributed by atoms with Crippen LogP contribution in [0.25, 0.3) is 0 Å². The molecule has 2 fully saturated rings. The molecule has 0 saturated carbocycles. The smallest absolute Gasteiger partial charge is 0.0870 e. The standard InChI is InChI=1S/C12H23N3OS/c13-12(17)10-15-6-4-14(5-7-15)9-11-3-1-2-8-16-11/h11H,1-10H2,(H2,13,17). The zero-order valence-corrected chi connectivity index (χ0v) is 11.3. The minimum Gasteiger partial charge on any atom is -0.392 e. The summed E-state index contributed by atoms with van der Waals surface area (Å²) in [5.41, 5.74) is 5.56. The Hall–Kier alpha value is -0.230. The molecule has 0 radical (unpaired) electrons. The van der Waals surface area contributed by atoms with E-state index in [-0.39, 0.29) is 0 Å². The first-order valence-electron chi connectivity index (χ1n) is 6.58. The summed E-state index contributed by atoms with van der Waals surface area (Å²) in [7, 11) is 0. The molecule has 0 amide bonds. The van der Waals surface area contributed by atoms with Gasteiger partial charge in [-0.2, -0.15) is 0 Å². The first-order chi connectivity index (χ1) is 8.24. The molecule has 0 aromatic rings. The van der Waals surface area contributed by atoms with Gasteiger partial charge >= 0.3 is 0 Å². The number of rotatable bonds is 4. The molecule has 1 atom stereocenters. The summed E-state index contributed by atoms with van der Waals surface area (Å²) in [6, 6.07) is 0. The Labute approximate surface area is 109 Å². The first-order valence-corrected chi connectivity index (χ1v) is 6.99. The van der Waals surface area contributed by atoms with Crippen LogP contribution in [-0.4, -0.2) is 66.8 Å². The highest BCUT2D eigenvalue weighted by Crippen LogP contribution is 2.14. The fraction of sp³-hybridized carbons (Fsp3) is 0.917. The van der Waals surface area contributed by atoms with E-state index in [1.807, 2.05) is 0 Å². The fourth-order valence-corrected chi connectivity index (χ4v) is 2.77. The second kappa shape index (κ2) is 6.64. The maximum absolute atomic E-state index is 5.78. The molecule has 1 unspecified atom stereocenters. The van der Waals surface area contributed by atoms with Gasteiger partial charge in [0, 0.05) is 45.9 Å². The zero-order chi connectivity index (χ0) is 12.1. The molecule has 0 aromatic heterocycles. The van der Waals surface area contributed by atoms with Crippen LogP contribution in [-0.2, 0) is 4.74 Å². The molecule has 0 aromatic carbocycles. The van der Waals surface area contributed by atoms with Gasteiger partial charge in [-0.25, -0.2) is 0 Å². The lowest BCUT2D eigenvalue weighted by atomic mass is 10.1. The summed E-state index contributed by atoms with van der Waals surface area (Å²) < 4.78 is 5.78. The lowest BCUT2D eigenvalue weighted by Gasteiger charge is -2.36. The van der Waals surface area contributed by atoms with E-state index in [9.17, 15) is 0 Å². The Balaban J connectivity index is 1.66. The molecule has 0 bridgehead atoms. The van der Waals surface area contributed by atoms with Crippen LogP contribution < -0.4 is 5.73 Å². The van der Waals surface area contributed by atoms with Gasteiger partial charge in [-0.1, -0.05) is 12.2 Å². The van der Waals surface area contributed by atoms with Crippen LogP contribution in [0.15, 0.2) is 0 Å². The molecule has 2 rings (SSSR count). The highest BCUT2D eigenvalue weighted by atomic mass is 32.1. The van der Waals surface area contributed by atoms with Crippen LogP contribution >= 0.6 is 12.2 Å². The molecule has 2 saturated heterocycles. The highest BCUT2D eigenvalue weighted by Gasteiger charge is 2.21. The SMILES string of the molecule is NC(=S)CN1CCN(CC2CCCCO2)CC1. The van der Waals surface area contributed by atoms with Crippen LogP contribution in [0.4, 0.5) is 0 Å². The normalized spacial score (nSPS) is 28.1. The number of ether oxygens (including phenoxy) is 1. The van der Waals surface area contributed by atoms with Crippen molar-refractivity contribution in [1.82, 2.24) is 9.80 Å². The lowest BCUT2D eigenvalue weighted by molar-refractivity contribution is -0.0132. The van der Waals surface area contributed by atoms with E-state index in [0.29, 0.717) is 11.1 Å². The van der Waals surface area contributed by atoms with Crippen molar-refractivity contribution < 1.29 is 4.74 Å². The van der Waals surface area contributed by atoms with Gasteiger partial charge < -0.3 is 10.5 Å². The molecule has 2 aliphatic rings. The Morgan fingerprint density at radius 3 is 2.47 bits per heavy atom. The van der Waals surface area contributed by atoms with E-state index >= 15 is 0 Å². The quantitative estimate of drug-likeness (QED) is 0.741. The van der Waals surface area contributed by atoms with Gasteiger partial charge in [-0.3, -0.25) is 9.80 Å². The molecule has 0 aliphatic carbocycles. The summed E-state index contributed by atoms with van der Waals surface area (Å²) in [6.45, 7) is 7.19. The van der Waals surface area contributed by atoms with Gasteiger partial charge in [-0.15, -0.1) is 0 Å². The largest absolute Gasteiger partial charge is 0.392 e. The maximum atomic E-state index is 5.78. The van der Waals surface area contributed by atoms with E-state index in [1.54, 1.807) is 0 Å². The Morgan fingerprint density at radius 1 is 1.18 bits per heavy atom. The summed E-state index contributed by atoms with van der Waals surface area (Å²) in [4.78, 5) is 5.45. The minimum atomic E-state index is 0.464. The average Bonchev–Trinajstić information content (AvgIpc) is 2.32. The summed E-state index contributed by atoms with van der Waals surface area (Å²) >= 11 is 4.94. The van der Waals surface area contributed by atoms with E-state index in [4.69, 9.17) is 22.7 Å². The molecule has 2 N–H and O–H groups in total. The summed E-state index contributed by atoms with van der Waals surface area (Å²) in [5, 5.41) is 0. The van der Waals surface area contributed by atoms with Crippen molar-refractivity contribution in [3.05, 3.63) is 0 Å². The molecule has 2 aliphatic heterocycles. The van der Waals surface area contributed by atoms with Gasteiger partial charge in [0.1, 0.15) is 0 Å². The van der Waals surface area contributed by atoms with E-state index in [0.717, 1.165) is 45.9 Å². The molecule has 4 nitrogen and oxygen atoms in total. The van der Waals surface area contributed by atoms with Crippen LogP contribution in [0.5, 0.6) is 0 Å². The second-order valence-corrected chi connectivity index (χ2v) is 5.56. The molecule has 2 heterocycles. The molecule has 5 heteroatoms. The lowest BCUT2D eigenvalue weighted by Crippen LogP contribution is -2.50. The van der Waals surface area contributed by atoms with Crippen LogP contribution in [0.3, 0.4) is 0 Å². The maximum Gasteiger partial charge on any atom is 0.0870 e.